The van der Waals surface area contributed by atoms with Crippen molar-refractivity contribution in [3.63, 3.8) is 0 Å². The first-order valence-corrected chi connectivity index (χ1v) is 11.8. The molecule has 0 radical (unpaired) electrons. The quantitative estimate of drug-likeness (QED) is 0.539. The highest BCUT2D eigenvalue weighted by Crippen LogP contribution is 2.16. The highest BCUT2D eigenvalue weighted by molar-refractivity contribution is 5.94. The molecule has 0 spiro atoms. The number of hydrogen-bond acceptors (Lipinski definition) is 6. The number of carbonyl (C=O) groups is 2. The maximum absolute atomic E-state index is 13.0. The van der Waals surface area contributed by atoms with Crippen molar-refractivity contribution in [1.82, 2.24) is 34.6 Å². The van der Waals surface area contributed by atoms with Gasteiger partial charge in [-0.2, -0.15) is 0 Å². The molecule has 10 nitrogen and oxygen atoms in total. The molecule has 3 heterocycles. The van der Waals surface area contributed by atoms with E-state index in [1.54, 1.807) is 22.2 Å². The highest BCUT2D eigenvalue weighted by Gasteiger charge is 2.28. The second kappa shape index (κ2) is 10.7. The number of hydrogen-bond donors (Lipinski definition) is 2. The molecule has 0 atom stereocenters. The number of benzene rings is 1. The number of ether oxygens (including phenoxy) is 1. The summed E-state index contributed by atoms with van der Waals surface area (Å²) in [5, 5.41) is 0. The first kappa shape index (κ1) is 24.5. The third kappa shape index (κ3) is 6.92. The van der Waals surface area contributed by atoms with E-state index in [2.05, 4.69) is 24.8 Å². The molecule has 0 unspecified atom stereocenters. The molecule has 0 saturated carbocycles. The summed E-state index contributed by atoms with van der Waals surface area (Å²) in [4.78, 5) is 45.9. The summed E-state index contributed by atoms with van der Waals surface area (Å²) in [6.07, 6.45) is 6.78. The Morgan fingerprint density at radius 2 is 1.43 bits per heavy atom. The van der Waals surface area contributed by atoms with Crippen molar-refractivity contribution in [2.45, 2.75) is 46.0 Å². The number of amides is 2. The summed E-state index contributed by atoms with van der Waals surface area (Å²) in [6, 6.07) is 7.72. The predicted molar refractivity (Wildman–Crippen MR) is 130 cm³/mol. The summed E-state index contributed by atoms with van der Waals surface area (Å²) in [5.74, 6) is 1.74. The Morgan fingerprint density at radius 3 is 1.91 bits per heavy atom. The number of piperazine rings is 1. The average molecular weight is 480 g/mol. The number of rotatable bonds is 7. The van der Waals surface area contributed by atoms with Crippen LogP contribution in [0.3, 0.4) is 0 Å². The lowest BCUT2D eigenvalue weighted by Gasteiger charge is -2.35. The SMILES string of the molecule is CC(C)(C)OC(=O)N1CCN(C(=O)c2ccc(CN(Cc3ncc[nH]3)Cc3ncc[nH]3)cc2)CC1. The van der Waals surface area contributed by atoms with E-state index >= 15 is 0 Å². The topological polar surface area (TPSA) is 110 Å². The van der Waals surface area contributed by atoms with Gasteiger partial charge in [0.25, 0.3) is 5.91 Å². The van der Waals surface area contributed by atoms with Crippen LogP contribution in [0.2, 0.25) is 0 Å². The first-order chi connectivity index (χ1) is 16.8. The fraction of sp³-hybridized carbons (Fsp3) is 0.440. The second-order valence-corrected chi connectivity index (χ2v) is 9.67. The number of imidazole rings is 2. The minimum atomic E-state index is -0.530. The molecule has 1 aliphatic rings. The van der Waals surface area contributed by atoms with E-state index in [-0.39, 0.29) is 12.0 Å². The van der Waals surface area contributed by atoms with Crippen molar-refractivity contribution in [2.24, 2.45) is 0 Å². The third-order valence-corrected chi connectivity index (χ3v) is 5.68. The van der Waals surface area contributed by atoms with Crippen molar-refractivity contribution < 1.29 is 14.3 Å². The zero-order valence-electron chi connectivity index (χ0n) is 20.5. The molecule has 1 aromatic carbocycles. The molecule has 186 valence electrons. The molecule has 4 rings (SSSR count). The second-order valence-electron chi connectivity index (χ2n) is 9.67. The zero-order valence-corrected chi connectivity index (χ0v) is 20.5. The summed E-state index contributed by atoms with van der Waals surface area (Å²) in [7, 11) is 0. The van der Waals surface area contributed by atoms with E-state index in [0.29, 0.717) is 51.4 Å². The summed E-state index contributed by atoms with van der Waals surface area (Å²) < 4.78 is 5.44. The fourth-order valence-corrected chi connectivity index (χ4v) is 3.97. The van der Waals surface area contributed by atoms with Crippen molar-refractivity contribution in [3.05, 3.63) is 71.8 Å². The van der Waals surface area contributed by atoms with Gasteiger partial charge in [0, 0.05) is 63.1 Å². The highest BCUT2D eigenvalue weighted by atomic mass is 16.6. The van der Waals surface area contributed by atoms with Gasteiger partial charge in [-0.15, -0.1) is 0 Å². The van der Waals surface area contributed by atoms with E-state index in [1.807, 2.05) is 57.4 Å². The largest absolute Gasteiger partial charge is 0.444 e. The number of nitrogens with zero attached hydrogens (tertiary/aromatic N) is 5. The van der Waals surface area contributed by atoms with Gasteiger partial charge in [0.15, 0.2) is 0 Å². The van der Waals surface area contributed by atoms with E-state index in [0.717, 1.165) is 17.2 Å². The molecule has 1 fully saturated rings. The fourth-order valence-electron chi connectivity index (χ4n) is 3.97. The van der Waals surface area contributed by atoms with Crippen LogP contribution in [0.25, 0.3) is 0 Å². The van der Waals surface area contributed by atoms with Crippen molar-refractivity contribution in [1.29, 1.82) is 0 Å². The normalized spacial score (nSPS) is 14.4. The molecule has 35 heavy (non-hydrogen) atoms. The Morgan fingerprint density at radius 1 is 0.886 bits per heavy atom. The lowest BCUT2D eigenvalue weighted by Crippen LogP contribution is -2.51. The molecular formula is C25H33N7O3. The van der Waals surface area contributed by atoms with Crippen molar-refractivity contribution >= 4 is 12.0 Å². The van der Waals surface area contributed by atoms with Gasteiger partial charge in [-0.05, 0) is 38.5 Å². The molecule has 2 N–H and O–H groups in total. The monoisotopic (exact) mass is 479 g/mol. The van der Waals surface area contributed by atoms with E-state index in [4.69, 9.17) is 4.74 Å². The average Bonchev–Trinajstić information content (AvgIpc) is 3.53. The van der Waals surface area contributed by atoms with Crippen molar-refractivity contribution in [2.75, 3.05) is 26.2 Å². The smallest absolute Gasteiger partial charge is 0.410 e. The van der Waals surface area contributed by atoms with Crippen LogP contribution in [0.1, 0.15) is 48.3 Å². The maximum Gasteiger partial charge on any atom is 0.410 e. The maximum atomic E-state index is 13.0. The lowest BCUT2D eigenvalue weighted by molar-refractivity contribution is 0.0141. The van der Waals surface area contributed by atoms with Crippen LogP contribution < -0.4 is 0 Å². The molecule has 2 aromatic heterocycles. The summed E-state index contributed by atoms with van der Waals surface area (Å²) in [5.41, 5.74) is 1.20. The Kier molecular flexibility index (Phi) is 7.50. The number of aromatic nitrogens is 4. The number of carbonyl (C=O) groups excluding carboxylic acids is 2. The molecule has 10 heteroatoms. The Bertz CT molecular complexity index is 1050. The van der Waals surface area contributed by atoms with Crippen LogP contribution in [0.15, 0.2) is 49.1 Å². The van der Waals surface area contributed by atoms with Gasteiger partial charge in [-0.1, -0.05) is 12.1 Å². The van der Waals surface area contributed by atoms with E-state index < -0.39 is 5.60 Å². The van der Waals surface area contributed by atoms with E-state index in [1.165, 1.54) is 0 Å². The predicted octanol–water partition coefficient (Wildman–Crippen LogP) is 3.03. The standard InChI is InChI=1S/C25H33N7O3/c1-25(2,3)35-24(34)32-14-12-31(13-15-32)23(33)20-6-4-19(5-7-20)16-30(17-21-26-8-9-27-21)18-22-28-10-11-29-22/h4-11H,12-18H2,1-3H3,(H,26,27)(H,28,29). The van der Waals surface area contributed by atoms with Gasteiger partial charge in [0.1, 0.15) is 17.2 Å². The van der Waals surface area contributed by atoms with Gasteiger partial charge >= 0.3 is 6.09 Å². The van der Waals surface area contributed by atoms with Crippen LogP contribution in [-0.4, -0.2) is 78.4 Å². The molecule has 1 aliphatic heterocycles. The molecule has 2 amide bonds. The van der Waals surface area contributed by atoms with Gasteiger partial charge in [-0.3, -0.25) is 9.69 Å². The molecule has 1 saturated heterocycles. The van der Waals surface area contributed by atoms with Gasteiger partial charge < -0.3 is 24.5 Å². The van der Waals surface area contributed by atoms with Crippen LogP contribution in [0, 0.1) is 0 Å². The summed E-state index contributed by atoms with van der Waals surface area (Å²) in [6.45, 7) is 9.43. The van der Waals surface area contributed by atoms with Crippen LogP contribution >= 0.6 is 0 Å². The van der Waals surface area contributed by atoms with Crippen LogP contribution in [0.5, 0.6) is 0 Å². The molecule has 0 bridgehead atoms. The Hall–Kier alpha value is -3.66. The number of nitrogens with one attached hydrogen (secondary N) is 2. The number of aromatic amines is 2. The lowest BCUT2D eigenvalue weighted by atomic mass is 10.1. The first-order valence-electron chi connectivity index (χ1n) is 11.8. The van der Waals surface area contributed by atoms with Gasteiger partial charge in [0.2, 0.25) is 0 Å². The Labute approximate surface area is 205 Å². The van der Waals surface area contributed by atoms with Gasteiger partial charge in [0.05, 0.1) is 13.1 Å². The van der Waals surface area contributed by atoms with Crippen LogP contribution in [0.4, 0.5) is 4.79 Å². The molecule has 3 aromatic rings. The van der Waals surface area contributed by atoms with E-state index in [9.17, 15) is 9.59 Å². The van der Waals surface area contributed by atoms with Crippen LogP contribution in [-0.2, 0) is 24.4 Å². The zero-order chi connectivity index (χ0) is 24.8. The number of H-pyrrole nitrogens is 2. The van der Waals surface area contributed by atoms with Gasteiger partial charge in [-0.25, -0.2) is 14.8 Å². The summed E-state index contributed by atoms with van der Waals surface area (Å²) >= 11 is 0. The Balaban J connectivity index is 1.33. The minimum absolute atomic E-state index is 0.0246. The third-order valence-electron chi connectivity index (χ3n) is 5.68. The molecular weight excluding hydrogens is 446 g/mol. The minimum Gasteiger partial charge on any atom is -0.444 e. The molecule has 0 aliphatic carbocycles. The van der Waals surface area contributed by atoms with Crippen molar-refractivity contribution in [3.8, 4) is 0 Å².